The van der Waals surface area contributed by atoms with Crippen LogP contribution in [0.15, 0.2) is 11.8 Å². The molecule has 0 radical (unpaired) electrons. The van der Waals surface area contributed by atoms with Crippen LogP contribution in [0.1, 0.15) is 72.6 Å². The lowest BCUT2D eigenvalue weighted by Crippen LogP contribution is -2.34. The van der Waals surface area contributed by atoms with Gasteiger partial charge in [-0.2, -0.15) is 0 Å². The highest BCUT2D eigenvalue weighted by atomic mass is 28.3. The Labute approximate surface area is 122 Å². The van der Waals surface area contributed by atoms with E-state index in [0.717, 1.165) is 12.8 Å². The number of aliphatic hydroxyl groups is 1. The Hall–Kier alpha value is -0.0831. The van der Waals surface area contributed by atoms with E-state index in [1.165, 1.54) is 32.1 Å². The fraction of sp³-hybridized carbons (Fsp3) is 0.882. The summed E-state index contributed by atoms with van der Waals surface area (Å²) in [4.78, 5) is 0. The molecule has 0 amide bonds. The molecule has 19 heavy (non-hydrogen) atoms. The summed E-state index contributed by atoms with van der Waals surface area (Å²) < 4.78 is 0. The summed E-state index contributed by atoms with van der Waals surface area (Å²) in [5.41, 5.74) is 2.41. The van der Waals surface area contributed by atoms with Crippen molar-refractivity contribution < 1.29 is 5.11 Å². The second kappa shape index (κ2) is 8.96. The largest absolute Gasteiger partial charge is 0.393 e. The first-order chi connectivity index (χ1) is 8.70. The van der Waals surface area contributed by atoms with Crippen LogP contribution in [-0.4, -0.2) is 19.3 Å². The van der Waals surface area contributed by atoms with E-state index in [-0.39, 0.29) is 6.10 Å². The predicted octanol–water partition coefficient (Wildman–Crippen LogP) is 5.70. The lowest BCUT2D eigenvalue weighted by molar-refractivity contribution is 0.164. The van der Waals surface area contributed by atoms with E-state index in [9.17, 15) is 5.11 Å². The molecule has 1 nitrogen and oxygen atoms in total. The highest BCUT2D eigenvalue weighted by Gasteiger charge is 2.32. The molecule has 1 N–H and O–H groups in total. The molecule has 0 aromatic heterocycles. The normalized spacial score (nSPS) is 15.1. The minimum atomic E-state index is -1.31. The molecular weight excluding hydrogens is 248 g/mol. The summed E-state index contributed by atoms with van der Waals surface area (Å²) in [6, 6.07) is 0. The summed E-state index contributed by atoms with van der Waals surface area (Å²) in [5.74, 6) is 0. The summed E-state index contributed by atoms with van der Waals surface area (Å²) in [5, 5.41) is 10.4. The molecule has 0 bridgehead atoms. The van der Waals surface area contributed by atoms with Gasteiger partial charge in [-0.25, -0.2) is 0 Å². The van der Waals surface area contributed by atoms with E-state index < -0.39 is 8.07 Å². The molecule has 0 aliphatic heterocycles. The van der Waals surface area contributed by atoms with Gasteiger partial charge in [0.1, 0.15) is 0 Å². The van der Waals surface area contributed by atoms with Crippen LogP contribution in [0.2, 0.25) is 18.1 Å². The molecule has 2 heteroatoms. The average Bonchev–Trinajstić information content (AvgIpc) is 2.27. The summed E-state index contributed by atoms with van der Waals surface area (Å²) >= 11 is 0. The molecule has 0 aliphatic carbocycles. The average molecular weight is 285 g/mol. The second-order valence-electron chi connectivity index (χ2n) is 7.47. The third-order valence-corrected chi connectivity index (χ3v) is 9.45. The lowest BCUT2D eigenvalue weighted by atomic mass is 10.1. The van der Waals surface area contributed by atoms with Gasteiger partial charge in [-0.05, 0) is 17.9 Å². The van der Waals surface area contributed by atoms with Crippen LogP contribution in [0.3, 0.4) is 0 Å². The molecular formula is C17H36OSi. The van der Waals surface area contributed by atoms with E-state index in [2.05, 4.69) is 52.6 Å². The van der Waals surface area contributed by atoms with Crippen LogP contribution in [0.4, 0.5) is 0 Å². The zero-order valence-electron chi connectivity index (χ0n) is 14.1. The molecule has 0 aliphatic rings. The molecule has 1 atom stereocenters. The SMILES string of the molecule is CCCCCCCC(O)C/C=C/[Si](C)(C)C(C)(C)C. The Morgan fingerprint density at radius 1 is 1.05 bits per heavy atom. The standard InChI is InChI=1S/C17H36OSi/c1-7-8-9-10-11-13-16(18)14-12-15-19(5,6)17(2,3)4/h12,15-16,18H,7-11,13-14H2,1-6H3/b15-12+. The monoisotopic (exact) mass is 284 g/mol. The van der Waals surface area contributed by atoms with Gasteiger partial charge in [0.2, 0.25) is 0 Å². The van der Waals surface area contributed by atoms with Crippen LogP contribution in [-0.2, 0) is 0 Å². The van der Waals surface area contributed by atoms with Gasteiger partial charge in [0.25, 0.3) is 0 Å². The molecule has 0 saturated carbocycles. The molecule has 0 spiro atoms. The van der Waals surface area contributed by atoms with Crippen molar-refractivity contribution in [2.45, 2.75) is 96.9 Å². The van der Waals surface area contributed by atoms with E-state index in [4.69, 9.17) is 0 Å². The van der Waals surface area contributed by atoms with Crippen LogP contribution < -0.4 is 0 Å². The van der Waals surface area contributed by atoms with Crippen molar-refractivity contribution in [3.05, 3.63) is 11.8 Å². The van der Waals surface area contributed by atoms with Gasteiger partial charge in [0, 0.05) is 0 Å². The zero-order valence-corrected chi connectivity index (χ0v) is 15.1. The molecule has 0 rings (SSSR count). The smallest absolute Gasteiger partial charge is 0.0766 e. The quantitative estimate of drug-likeness (QED) is 0.425. The third kappa shape index (κ3) is 8.64. The first-order valence-electron chi connectivity index (χ1n) is 8.06. The second-order valence-corrected chi connectivity index (χ2v) is 12.7. The van der Waals surface area contributed by atoms with Crippen molar-refractivity contribution in [3.63, 3.8) is 0 Å². The Morgan fingerprint density at radius 3 is 2.16 bits per heavy atom. The maximum atomic E-state index is 9.97. The number of hydrogen-bond donors (Lipinski definition) is 1. The zero-order chi connectivity index (χ0) is 14.9. The third-order valence-electron chi connectivity index (χ3n) is 4.52. The molecule has 0 fully saturated rings. The summed E-state index contributed by atoms with van der Waals surface area (Å²) in [6.07, 6.45) is 10.3. The fourth-order valence-electron chi connectivity index (χ4n) is 1.87. The Balaban J connectivity index is 3.87. The maximum absolute atomic E-state index is 9.97. The van der Waals surface area contributed by atoms with Crippen molar-refractivity contribution in [2.75, 3.05) is 0 Å². The van der Waals surface area contributed by atoms with Crippen molar-refractivity contribution in [3.8, 4) is 0 Å². The van der Waals surface area contributed by atoms with Crippen molar-refractivity contribution in [1.82, 2.24) is 0 Å². The van der Waals surface area contributed by atoms with Crippen LogP contribution in [0, 0.1) is 0 Å². The van der Waals surface area contributed by atoms with Gasteiger partial charge < -0.3 is 5.11 Å². The Morgan fingerprint density at radius 2 is 1.63 bits per heavy atom. The summed E-state index contributed by atoms with van der Waals surface area (Å²) in [6.45, 7) is 14.0. The van der Waals surface area contributed by atoms with Crippen molar-refractivity contribution in [1.29, 1.82) is 0 Å². The fourth-order valence-corrected chi connectivity index (χ4v) is 3.10. The van der Waals surface area contributed by atoms with E-state index in [0.29, 0.717) is 5.04 Å². The maximum Gasteiger partial charge on any atom is 0.0766 e. The topological polar surface area (TPSA) is 20.2 Å². The first kappa shape index (κ1) is 18.9. The minimum Gasteiger partial charge on any atom is -0.393 e. The molecule has 0 aromatic rings. The Bertz CT molecular complexity index is 250. The van der Waals surface area contributed by atoms with Crippen LogP contribution >= 0.6 is 0 Å². The number of hydrogen-bond acceptors (Lipinski definition) is 1. The van der Waals surface area contributed by atoms with Crippen LogP contribution in [0.25, 0.3) is 0 Å². The van der Waals surface area contributed by atoms with E-state index in [1.807, 2.05) is 0 Å². The van der Waals surface area contributed by atoms with E-state index in [1.54, 1.807) is 0 Å². The Kier molecular flexibility index (Phi) is 8.92. The van der Waals surface area contributed by atoms with E-state index >= 15 is 0 Å². The highest BCUT2D eigenvalue weighted by Crippen LogP contribution is 2.36. The first-order valence-corrected chi connectivity index (χ1v) is 11.1. The molecule has 0 heterocycles. The van der Waals surface area contributed by atoms with Crippen molar-refractivity contribution in [2.24, 2.45) is 0 Å². The highest BCUT2D eigenvalue weighted by molar-refractivity contribution is 6.84. The van der Waals surface area contributed by atoms with Gasteiger partial charge in [-0.3, -0.25) is 0 Å². The predicted molar refractivity (Wildman–Crippen MR) is 90.3 cm³/mol. The molecule has 0 aromatic carbocycles. The summed E-state index contributed by atoms with van der Waals surface area (Å²) in [7, 11) is -1.31. The number of aliphatic hydroxyl groups excluding tert-OH is 1. The van der Waals surface area contributed by atoms with Crippen LogP contribution in [0.5, 0.6) is 0 Å². The van der Waals surface area contributed by atoms with Gasteiger partial charge >= 0.3 is 0 Å². The van der Waals surface area contributed by atoms with Gasteiger partial charge in [-0.1, -0.05) is 84.7 Å². The number of unbranched alkanes of at least 4 members (excludes halogenated alkanes) is 4. The lowest BCUT2D eigenvalue weighted by Gasteiger charge is -2.34. The molecule has 1 unspecified atom stereocenters. The van der Waals surface area contributed by atoms with Gasteiger partial charge in [0.05, 0.1) is 14.2 Å². The van der Waals surface area contributed by atoms with Crippen molar-refractivity contribution >= 4 is 8.07 Å². The minimum absolute atomic E-state index is 0.136. The molecule has 0 saturated heterocycles. The number of rotatable bonds is 9. The molecule has 114 valence electrons. The van der Waals surface area contributed by atoms with Gasteiger partial charge in [-0.15, -0.1) is 0 Å². The van der Waals surface area contributed by atoms with Gasteiger partial charge in [0.15, 0.2) is 0 Å².